The van der Waals surface area contributed by atoms with E-state index in [4.69, 9.17) is 10.9 Å². The lowest BCUT2D eigenvalue weighted by atomic mass is 10.1. The molecule has 0 spiro atoms. The molecule has 6 heteroatoms. The lowest BCUT2D eigenvalue weighted by molar-refractivity contribution is -0.122. The number of oxime groups is 1. The Balaban J connectivity index is 2.18. The van der Waals surface area contributed by atoms with Gasteiger partial charge in [0.1, 0.15) is 0 Å². The molecule has 0 bridgehead atoms. The average Bonchev–Trinajstić information content (AvgIpc) is 3.10. The Hall–Kier alpha value is -1.30. The van der Waals surface area contributed by atoms with Crippen LogP contribution in [0.2, 0.25) is 0 Å². The zero-order valence-electron chi connectivity index (χ0n) is 9.81. The summed E-state index contributed by atoms with van der Waals surface area (Å²) < 4.78 is 0. The molecule has 0 radical (unpaired) electrons. The van der Waals surface area contributed by atoms with Crippen molar-refractivity contribution in [3.63, 3.8) is 0 Å². The van der Waals surface area contributed by atoms with Crippen LogP contribution in [0.5, 0.6) is 0 Å². The van der Waals surface area contributed by atoms with Gasteiger partial charge in [0.2, 0.25) is 5.91 Å². The summed E-state index contributed by atoms with van der Waals surface area (Å²) in [7, 11) is 2.05. The molecule has 0 heterocycles. The van der Waals surface area contributed by atoms with Gasteiger partial charge in [-0.25, -0.2) is 0 Å². The molecule has 1 aliphatic carbocycles. The second-order valence-electron chi connectivity index (χ2n) is 4.25. The molecule has 1 amide bonds. The van der Waals surface area contributed by atoms with Crippen molar-refractivity contribution in [2.45, 2.75) is 25.8 Å². The molecule has 16 heavy (non-hydrogen) atoms. The van der Waals surface area contributed by atoms with Gasteiger partial charge in [0.25, 0.3) is 0 Å². The average molecular weight is 228 g/mol. The van der Waals surface area contributed by atoms with E-state index in [0.29, 0.717) is 12.6 Å². The van der Waals surface area contributed by atoms with Crippen molar-refractivity contribution in [3.8, 4) is 0 Å². The molecule has 1 unspecified atom stereocenters. The molecule has 0 saturated heterocycles. The van der Waals surface area contributed by atoms with Crippen molar-refractivity contribution in [2.24, 2.45) is 16.8 Å². The minimum absolute atomic E-state index is 0.0620. The van der Waals surface area contributed by atoms with Crippen LogP contribution in [0.3, 0.4) is 0 Å². The summed E-state index contributed by atoms with van der Waals surface area (Å²) in [5.41, 5.74) is 5.34. The second kappa shape index (κ2) is 5.69. The highest BCUT2D eigenvalue weighted by Gasteiger charge is 2.25. The highest BCUT2D eigenvalue weighted by molar-refractivity contribution is 6.01. The molecular formula is C10H20N4O2. The highest BCUT2D eigenvalue weighted by atomic mass is 16.4. The van der Waals surface area contributed by atoms with E-state index in [1.807, 2.05) is 0 Å². The van der Waals surface area contributed by atoms with Crippen LogP contribution < -0.4 is 11.1 Å². The fourth-order valence-electron chi connectivity index (χ4n) is 1.43. The quantitative estimate of drug-likeness (QED) is 0.249. The molecule has 1 atom stereocenters. The summed E-state index contributed by atoms with van der Waals surface area (Å²) in [5, 5.41) is 14.0. The van der Waals surface area contributed by atoms with Gasteiger partial charge < -0.3 is 21.2 Å². The molecule has 6 nitrogen and oxygen atoms in total. The number of nitrogens with two attached hydrogens (primary N) is 1. The molecule has 0 aliphatic heterocycles. The van der Waals surface area contributed by atoms with Gasteiger partial charge in [0.15, 0.2) is 5.84 Å². The summed E-state index contributed by atoms with van der Waals surface area (Å²) >= 11 is 0. The predicted molar refractivity (Wildman–Crippen MR) is 61.2 cm³/mol. The van der Waals surface area contributed by atoms with Gasteiger partial charge in [-0.3, -0.25) is 4.79 Å². The molecule has 1 saturated carbocycles. The van der Waals surface area contributed by atoms with Crippen LogP contribution in [0.4, 0.5) is 0 Å². The van der Waals surface area contributed by atoms with Crippen molar-refractivity contribution >= 4 is 11.7 Å². The Morgan fingerprint density at radius 1 is 1.69 bits per heavy atom. The number of nitrogens with one attached hydrogen (secondary N) is 1. The van der Waals surface area contributed by atoms with Gasteiger partial charge in [-0.05, 0) is 26.8 Å². The van der Waals surface area contributed by atoms with E-state index in [2.05, 4.69) is 22.4 Å². The van der Waals surface area contributed by atoms with E-state index in [0.717, 1.165) is 6.54 Å². The van der Waals surface area contributed by atoms with Crippen LogP contribution in [0.25, 0.3) is 0 Å². The van der Waals surface area contributed by atoms with Crippen molar-refractivity contribution < 1.29 is 10.0 Å². The molecule has 0 aromatic carbocycles. The monoisotopic (exact) mass is 228 g/mol. The summed E-state index contributed by atoms with van der Waals surface area (Å²) in [6, 6.07) is 0.693. The number of hydrogen-bond acceptors (Lipinski definition) is 4. The first kappa shape index (κ1) is 12.8. The number of hydrogen-bond donors (Lipinski definition) is 3. The predicted octanol–water partition coefficient (Wildman–Crippen LogP) is -0.421. The third-order valence-electron chi connectivity index (χ3n) is 2.89. The Kier molecular flexibility index (Phi) is 4.54. The first-order chi connectivity index (χ1) is 7.56. The van der Waals surface area contributed by atoms with Gasteiger partial charge in [-0.15, -0.1) is 0 Å². The van der Waals surface area contributed by atoms with E-state index in [1.54, 1.807) is 6.92 Å². The summed E-state index contributed by atoms with van der Waals surface area (Å²) in [4.78, 5) is 13.7. The highest BCUT2D eigenvalue weighted by Crippen LogP contribution is 2.24. The molecule has 4 N–H and O–H groups in total. The Labute approximate surface area is 95.5 Å². The normalized spacial score (nSPS) is 18.6. The molecule has 0 aromatic heterocycles. The number of carbonyl (C=O) groups excluding carboxylic acids is 1. The lowest BCUT2D eigenvalue weighted by Gasteiger charge is -2.16. The van der Waals surface area contributed by atoms with E-state index in [1.165, 1.54) is 12.8 Å². The van der Waals surface area contributed by atoms with Gasteiger partial charge in [-0.2, -0.15) is 0 Å². The Bertz CT molecular complexity index is 276. The molecule has 0 aromatic rings. The number of amides is 1. The van der Waals surface area contributed by atoms with Crippen molar-refractivity contribution in [1.29, 1.82) is 0 Å². The van der Waals surface area contributed by atoms with Crippen LogP contribution in [-0.2, 0) is 4.79 Å². The molecule has 92 valence electrons. The smallest absolute Gasteiger partial charge is 0.230 e. The number of rotatable bonds is 6. The van der Waals surface area contributed by atoms with E-state index < -0.39 is 5.92 Å². The Morgan fingerprint density at radius 3 is 2.81 bits per heavy atom. The Morgan fingerprint density at radius 2 is 2.31 bits per heavy atom. The fraction of sp³-hybridized carbons (Fsp3) is 0.800. The van der Waals surface area contributed by atoms with Crippen molar-refractivity contribution in [1.82, 2.24) is 10.2 Å². The molecule has 1 rings (SSSR count). The topological polar surface area (TPSA) is 91.0 Å². The maximum atomic E-state index is 11.5. The van der Waals surface area contributed by atoms with Crippen LogP contribution in [-0.4, -0.2) is 48.0 Å². The molecule has 1 aliphatic rings. The molecular weight excluding hydrogens is 208 g/mol. The summed E-state index contributed by atoms with van der Waals surface area (Å²) in [6.07, 6.45) is 2.51. The standard InChI is InChI=1S/C10H20N4O2/c1-7(9(11)13-16)10(15)12-5-6-14(2)8-3-4-8/h7-8,16H,3-6H2,1-2H3,(H2,11,13)(H,12,15). The van der Waals surface area contributed by atoms with Crippen LogP contribution in [0.1, 0.15) is 19.8 Å². The van der Waals surface area contributed by atoms with Crippen molar-refractivity contribution in [3.05, 3.63) is 0 Å². The number of likely N-dealkylation sites (N-methyl/N-ethyl adjacent to an activating group) is 1. The SMILES string of the molecule is CC(C(=O)NCCN(C)C1CC1)C(N)=NO. The number of nitrogens with zero attached hydrogens (tertiary/aromatic N) is 2. The van der Waals surface area contributed by atoms with Gasteiger partial charge in [0, 0.05) is 19.1 Å². The second-order valence-corrected chi connectivity index (χ2v) is 4.25. The third-order valence-corrected chi connectivity index (χ3v) is 2.89. The minimum Gasteiger partial charge on any atom is -0.409 e. The largest absolute Gasteiger partial charge is 0.409 e. The van der Waals surface area contributed by atoms with Crippen LogP contribution in [0.15, 0.2) is 5.16 Å². The number of carbonyl (C=O) groups is 1. The van der Waals surface area contributed by atoms with Crippen LogP contribution >= 0.6 is 0 Å². The number of amidine groups is 1. The maximum absolute atomic E-state index is 11.5. The van der Waals surface area contributed by atoms with E-state index in [9.17, 15) is 4.79 Å². The first-order valence-corrected chi connectivity index (χ1v) is 5.51. The maximum Gasteiger partial charge on any atom is 0.230 e. The van der Waals surface area contributed by atoms with Gasteiger partial charge in [-0.1, -0.05) is 5.16 Å². The van der Waals surface area contributed by atoms with E-state index >= 15 is 0 Å². The first-order valence-electron chi connectivity index (χ1n) is 5.51. The zero-order valence-corrected chi connectivity index (χ0v) is 9.81. The van der Waals surface area contributed by atoms with E-state index in [-0.39, 0.29) is 11.7 Å². The molecule has 1 fully saturated rings. The zero-order chi connectivity index (χ0) is 12.1. The van der Waals surface area contributed by atoms with Gasteiger partial charge in [0.05, 0.1) is 5.92 Å². The van der Waals surface area contributed by atoms with Crippen LogP contribution in [0, 0.1) is 5.92 Å². The third kappa shape index (κ3) is 3.69. The summed E-state index contributed by atoms with van der Waals surface area (Å²) in [6.45, 7) is 3.03. The fourth-order valence-corrected chi connectivity index (χ4v) is 1.43. The van der Waals surface area contributed by atoms with Gasteiger partial charge >= 0.3 is 0 Å². The van der Waals surface area contributed by atoms with Crippen molar-refractivity contribution in [2.75, 3.05) is 20.1 Å². The lowest BCUT2D eigenvalue weighted by Crippen LogP contribution is -2.40. The summed E-state index contributed by atoms with van der Waals surface area (Å²) in [5.74, 6) is -0.858. The minimum atomic E-state index is -0.587.